The normalized spacial score (nSPS) is 10.9. The topological polar surface area (TPSA) is 20.2 Å². The second-order valence-corrected chi connectivity index (χ2v) is 6.10. The number of unbranched alkanes of at least 4 members (excludes halogenated alkanes) is 10. The number of thioether (sulfide) groups is 1. The van der Waals surface area contributed by atoms with Crippen molar-refractivity contribution in [3.05, 3.63) is 0 Å². The molecule has 2 heteroatoms. The summed E-state index contributed by atoms with van der Waals surface area (Å²) in [4.78, 5) is 0. The van der Waals surface area contributed by atoms with Gasteiger partial charge in [0.05, 0.1) is 6.61 Å². The molecular formula is C15H32OS. The van der Waals surface area contributed by atoms with Crippen LogP contribution in [0.25, 0.3) is 0 Å². The third kappa shape index (κ3) is 16.3. The lowest BCUT2D eigenvalue weighted by Gasteiger charge is -2.02. The van der Waals surface area contributed by atoms with Crippen molar-refractivity contribution in [3.8, 4) is 0 Å². The van der Waals surface area contributed by atoms with Gasteiger partial charge in [0.2, 0.25) is 0 Å². The maximum atomic E-state index is 8.62. The first-order valence-corrected chi connectivity index (χ1v) is 8.76. The van der Waals surface area contributed by atoms with Crippen molar-refractivity contribution in [2.24, 2.45) is 0 Å². The van der Waals surface area contributed by atoms with Crippen LogP contribution in [0.3, 0.4) is 0 Å². The Labute approximate surface area is 113 Å². The van der Waals surface area contributed by atoms with Crippen molar-refractivity contribution in [3.63, 3.8) is 0 Å². The first-order chi connectivity index (χ1) is 8.41. The van der Waals surface area contributed by atoms with Gasteiger partial charge in [-0.15, -0.1) is 0 Å². The molecule has 0 atom stereocenters. The second-order valence-electron chi connectivity index (χ2n) is 4.87. The van der Waals surface area contributed by atoms with Crippen LogP contribution in [0.1, 0.15) is 77.6 Å². The molecule has 0 saturated heterocycles. The Morgan fingerprint density at radius 1 is 0.647 bits per heavy atom. The fourth-order valence-corrected chi connectivity index (χ4v) is 2.78. The lowest BCUT2D eigenvalue weighted by Crippen LogP contribution is -1.89. The summed E-state index contributed by atoms with van der Waals surface area (Å²) in [5.74, 6) is 2.15. The third-order valence-corrected chi connectivity index (χ3v) is 4.18. The van der Waals surface area contributed by atoms with Crippen molar-refractivity contribution in [1.82, 2.24) is 0 Å². The Bertz CT molecular complexity index is 114. The van der Waals surface area contributed by atoms with Gasteiger partial charge >= 0.3 is 0 Å². The second kappa shape index (κ2) is 16.3. The van der Waals surface area contributed by atoms with Gasteiger partial charge in [-0.05, 0) is 12.2 Å². The van der Waals surface area contributed by atoms with Crippen molar-refractivity contribution in [2.45, 2.75) is 77.6 Å². The van der Waals surface area contributed by atoms with E-state index in [4.69, 9.17) is 5.11 Å². The van der Waals surface area contributed by atoms with Crippen molar-refractivity contribution < 1.29 is 5.11 Å². The van der Waals surface area contributed by atoms with Crippen LogP contribution >= 0.6 is 11.8 Å². The summed E-state index contributed by atoms with van der Waals surface area (Å²) < 4.78 is 0. The van der Waals surface area contributed by atoms with E-state index in [1.807, 2.05) is 11.8 Å². The van der Waals surface area contributed by atoms with E-state index in [0.717, 1.165) is 5.75 Å². The SMILES string of the molecule is CCCCCCCCCCCCCSCCO. The van der Waals surface area contributed by atoms with E-state index in [-0.39, 0.29) is 0 Å². The van der Waals surface area contributed by atoms with Gasteiger partial charge < -0.3 is 5.11 Å². The van der Waals surface area contributed by atoms with E-state index in [9.17, 15) is 0 Å². The molecule has 0 bridgehead atoms. The van der Waals surface area contributed by atoms with Gasteiger partial charge in [0.25, 0.3) is 0 Å². The molecule has 0 amide bonds. The van der Waals surface area contributed by atoms with Gasteiger partial charge in [0.1, 0.15) is 0 Å². The van der Waals surface area contributed by atoms with Gasteiger partial charge in [-0.1, -0.05) is 71.1 Å². The lowest BCUT2D eigenvalue weighted by molar-refractivity contribution is 0.322. The average molecular weight is 260 g/mol. The summed E-state index contributed by atoms with van der Waals surface area (Å²) in [7, 11) is 0. The highest BCUT2D eigenvalue weighted by Gasteiger charge is 1.93. The first kappa shape index (κ1) is 17.3. The molecule has 0 fully saturated rings. The minimum atomic E-state index is 0.336. The Morgan fingerprint density at radius 3 is 1.59 bits per heavy atom. The molecule has 0 aliphatic carbocycles. The zero-order valence-electron chi connectivity index (χ0n) is 11.8. The van der Waals surface area contributed by atoms with Crippen LogP contribution in [-0.2, 0) is 0 Å². The predicted molar refractivity (Wildman–Crippen MR) is 80.9 cm³/mol. The van der Waals surface area contributed by atoms with Gasteiger partial charge in [-0.3, -0.25) is 0 Å². The van der Waals surface area contributed by atoms with Gasteiger partial charge in [-0.2, -0.15) is 11.8 Å². The Balaban J connectivity index is 2.85. The van der Waals surface area contributed by atoms with E-state index in [2.05, 4.69) is 6.92 Å². The third-order valence-electron chi connectivity index (χ3n) is 3.13. The van der Waals surface area contributed by atoms with Crippen LogP contribution < -0.4 is 0 Å². The summed E-state index contributed by atoms with van der Waals surface area (Å²) >= 11 is 1.88. The Morgan fingerprint density at radius 2 is 1.12 bits per heavy atom. The van der Waals surface area contributed by atoms with Crippen LogP contribution in [0.2, 0.25) is 0 Å². The molecule has 0 saturated carbocycles. The van der Waals surface area contributed by atoms with Crippen LogP contribution in [0.15, 0.2) is 0 Å². The summed E-state index contributed by atoms with van der Waals surface area (Å²) in [6.07, 6.45) is 15.6. The minimum absolute atomic E-state index is 0.336. The van der Waals surface area contributed by atoms with E-state index in [1.165, 1.54) is 76.4 Å². The van der Waals surface area contributed by atoms with E-state index < -0.39 is 0 Å². The summed E-state index contributed by atoms with van der Waals surface area (Å²) in [6, 6.07) is 0. The summed E-state index contributed by atoms with van der Waals surface area (Å²) in [6.45, 7) is 2.61. The molecule has 0 aromatic heterocycles. The van der Waals surface area contributed by atoms with Crippen molar-refractivity contribution >= 4 is 11.8 Å². The average Bonchev–Trinajstić information content (AvgIpc) is 2.35. The van der Waals surface area contributed by atoms with Crippen molar-refractivity contribution in [2.75, 3.05) is 18.1 Å². The molecule has 1 N–H and O–H groups in total. The van der Waals surface area contributed by atoms with Crippen LogP contribution in [0.5, 0.6) is 0 Å². The largest absolute Gasteiger partial charge is 0.396 e. The van der Waals surface area contributed by atoms with Crippen LogP contribution in [0.4, 0.5) is 0 Å². The molecule has 0 aliphatic rings. The summed E-state index contributed by atoms with van der Waals surface area (Å²) in [5, 5.41) is 8.62. The zero-order chi connectivity index (χ0) is 12.6. The molecule has 104 valence electrons. The maximum absolute atomic E-state index is 8.62. The van der Waals surface area contributed by atoms with E-state index in [0.29, 0.717) is 6.61 Å². The minimum Gasteiger partial charge on any atom is -0.396 e. The smallest absolute Gasteiger partial charge is 0.0521 e. The molecule has 0 rings (SSSR count). The molecule has 0 aliphatic heterocycles. The number of hydrogen-bond acceptors (Lipinski definition) is 2. The molecule has 1 nitrogen and oxygen atoms in total. The lowest BCUT2D eigenvalue weighted by atomic mass is 10.1. The monoisotopic (exact) mass is 260 g/mol. The quantitative estimate of drug-likeness (QED) is 0.442. The Kier molecular flexibility index (Phi) is 16.6. The highest BCUT2D eigenvalue weighted by molar-refractivity contribution is 7.99. The van der Waals surface area contributed by atoms with Crippen LogP contribution in [0, 0.1) is 0 Å². The highest BCUT2D eigenvalue weighted by Crippen LogP contribution is 2.12. The molecule has 0 aromatic carbocycles. The van der Waals surface area contributed by atoms with E-state index in [1.54, 1.807) is 0 Å². The van der Waals surface area contributed by atoms with Crippen LogP contribution in [-0.4, -0.2) is 23.2 Å². The Hall–Kier alpha value is 0.310. The number of rotatable bonds is 14. The van der Waals surface area contributed by atoms with E-state index >= 15 is 0 Å². The fourth-order valence-electron chi connectivity index (χ4n) is 2.03. The maximum Gasteiger partial charge on any atom is 0.0521 e. The number of aliphatic hydroxyl groups is 1. The molecule has 0 heterocycles. The molecular weight excluding hydrogens is 228 g/mol. The van der Waals surface area contributed by atoms with Gasteiger partial charge in [0, 0.05) is 5.75 Å². The van der Waals surface area contributed by atoms with Gasteiger partial charge in [-0.25, -0.2) is 0 Å². The van der Waals surface area contributed by atoms with Crippen molar-refractivity contribution in [1.29, 1.82) is 0 Å². The first-order valence-electron chi connectivity index (χ1n) is 7.60. The molecule has 0 aromatic rings. The zero-order valence-corrected chi connectivity index (χ0v) is 12.6. The molecule has 0 radical (unpaired) electrons. The highest BCUT2D eigenvalue weighted by atomic mass is 32.2. The summed E-state index contributed by atoms with van der Waals surface area (Å²) in [5.41, 5.74) is 0. The molecule has 0 spiro atoms. The number of aliphatic hydroxyl groups excluding tert-OH is 1. The fraction of sp³-hybridized carbons (Fsp3) is 1.00. The predicted octanol–water partition coefficient (Wildman–Crippen LogP) is 5.02. The number of hydrogen-bond donors (Lipinski definition) is 1. The standard InChI is InChI=1S/C15H32OS/c1-2-3-4-5-6-7-8-9-10-11-12-14-17-15-13-16/h16H,2-15H2,1H3. The van der Waals surface area contributed by atoms with Gasteiger partial charge in [0.15, 0.2) is 0 Å². The molecule has 0 unspecified atom stereocenters. The molecule has 17 heavy (non-hydrogen) atoms.